The Morgan fingerprint density at radius 2 is 1.79 bits per heavy atom. The Morgan fingerprint density at radius 1 is 1.03 bits per heavy atom. The van der Waals surface area contributed by atoms with E-state index in [9.17, 15) is 18.4 Å². The summed E-state index contributed by atoms with van der Waals surface area (Å²) in [5.74, 6) is -1.30. The number of nitrogens with zero attached hydrogens (tertiary/aromatic N) is 3. The molecule has 0 spiro atoms. The van der Waals surface area contributed by atoms with Gasteiger partial charge in [0.1, 0.15) is 17.7 Å². The van der Waals surface area contributed by atoms with Crippen molar-refractivity contribution < 1.29 is 23.1 Å². The van der Waals surface area contributed by atoms with Gasteiger partial charge in [0.2, 0.25) is 5.91 Å². The molecule has 1 fully saturated rings. The van der Waals surface area contributed by atoms with Gasteiger partial charge in [0, 0.05) is 24.7 Å². The Hall–Kier alpha value is -3.59. The number of fused-ring (bicyclic) bond motifs is 1. The fourth-order valence-electron chi connectivity index (χ4n) is 4.49. The van der Waals surface area contributed by atoms with Crippen LogP contribution in [0.25, 0.3) is 0 Å². The first kappa shape index (κ1) is 22.2. The van der Waals surface area contributed by atoms with Crippen LogP contribution in [0, 0.1) is 17.6 Å². The van der Waals surface area contributed by atoms with E-state index in [-0.39, 0.29) is 36.3 Å². The van der Waals surface area contributed by atoms with Crippen LogP contribution >= 0.6 is 0 Å². The fourth-order valence-corrected chi connectivity index (χ4v) is 4.49. The molecule has 1 N–H and O–H groups in total. The number of imidazole rings is 1. The summed E-state index contributed by atoms with van der Waals surface area (Å²) in [6.07, 6.45) is 2.44. The molecule has 2 aliphatic heterocycles. The Bertz CT molecular complexity index is 1200. The number of nitrogens with one attached hydrogen (secondary N) is 1. The van der Waals surface area contributed by atoms with Gasteiger partial charge >= 0.3 is 0 Å². The fraction of sp³-hybridized carbons (Fsp3) is 0.320. The van der Waals surface area contributed by atoms with Crippen molar-refractivity contribution in [1.82, 2.24) is 14.5 Å². The normalized spacial score (nSPS) is 18.4. The highest BCUT2D eigenvalue weighted by Gasteiger charge is 2.32. The number of amides is 2. The molecule has 0 unspecified atom stereocenters. The van der Waals surface area contributed by atoms with Gasteiger partial charge in [0.25, 0.3) is 5.91 Å². The van der Waals surface area contributed by atoms with Gasteiger partial charge in [-0.25, -0.2) is 13.8 Å². The monoisotopic (exact) mass is 466 g/mol. The molecule has 2 aliphatic rings. The van der Waals surface area contributed by atoms with E-state index in [0.717, 1.165) is 5.56 Å². The van der Waals surface area contributed by atoms with E-state index in [4.69, 9.17) is 4.74 Å². The summed E-state index contributed by atoms with van der Waals surface area (Å²) in [7, 11) is 0. The largest absolute Gasteiger partial charge is 0.365 e. The van der Waals surface area contributed by atoms with Crippen LogP contribution in [-0.2, 0) is 22.7 Å². The van der Waals surface area contributed by atoms with Gasteiger partial charge in [-0.3, -0.25) is 9.59 Å². The number of carbonyl (C=O) groups is 2. The predicted molar refractivity (Wildman–Crippen MR) is 120 cm³/mol. The molecule has 3 aromatic rings. The summed E-state index contributed by atoms with van der Waals surface area (Å²) in [5.41, 5.74) is 2.37. The first-order chi connectivity index (χ1) is 16.5. The number of likely N-dealkylation sites (tertiary alicyclic amines) is 1. The molecule has 1 aromatic heterocycles. The lowest BCUT2D eigenvalue weighted by Crippen LogP contribution is -2.42. The van der Waals surface area contributed by atoms with Crippen LogP contribution in [0.2, 0.25) is 0 Å². The van der Waals surface area contributed by atoms with Gasteiger partial charge in [0.05, 0.1) is 25.2 Å². The molecule has 2 aromatic carbocycles. The third-order valence-electron chi connectivity index (χ3n) is 6.42. The molecule has 0 radical (unpaired) electrons. The second kappa shape index (κ2) is 9.34. The van der Waals surface area contributed by atoms with Crippen LogP contribution in [-0.4, -0.2) is 39.4 Å². The molecule has 1 saturated heterocycles. The first-order valence-corrected chi connectivity index (χ1v) is 11.2. The topological polar surface area (TPSA) is 76.5 Å². The smallest absolute Gasteiger partial charge is 0.274 e. The quantitative estimate of drug-likeness (QED) is 0.632. The molecule has 0 bridgehead atoms. The molecule has 34 heavy (non-hydrogen) atoms. The standard InChI is InChI=1S/C25H24F2N4O3/c26-18-6-4-16(5-7-18)22-13-31-15-28-23(21(31)14-34-22)25(33)30-10-8-17(9-11-30)24(32)29-20-3-1-2-19(27)12-20/h1-7,12,15,17,22H,8-11,13-14H2,(H,29,32)/t22-/m0/s1. The van der Waals surface area contributed by atoms with Crippen LogP contribution in [0.3, 0.4) is 0 Å². The van der Waals surface area contributed by atoms with Gasteiger partial charge in [-0.05, 0) is 48.7 Å². The molecule has 1 atom stereocenters. The van der Waals surface area contributed by atoms with Gasteiger partial charge in [-0.1, -0.05) is 18.2 Å². The Kier molecular flexibility index (Phi) is 6.10. The molecule has 5 rings (SSSR count). The van der Waals surface area contributed by atoms with Crippen molar-refractivity contribution in [2.75, 3.05) is 18.4 Å². The van der Waals surface area contributed by atoms with E-state index in [2.05, 4.69) is 10.3 Å². The molecule has 7 nitrogen and oxygen atoms in total. The van der Waals surface area contributed by atoms with Crippen LogP contribution in [0.15, 0.2) is 54.9 Å². The summed E-state index contributed by atoms with van der Waals surface area (Å²) in [4.78, 5) is 31.7. The number of ether oxygens (including phenoxy) is 1. The minimum Gasteiger partial charge on any atom is -0.365 e. The summed E-state index contributed by atoms with van der Waals surface area (Å²) in [6, 6.07) is 12.0. The average Bonchev–Trinajstić information content (AvgIpc) is 3.27. The maximum Gasteiger partial charge on any atom is 0.274 e. The molecule has 2 amide bonds. The van der Waals surface area contributed by atoms with Crippen LogP contribution in [0.1, 0.15) is 40.7 Å². The zero-order chi connectivity index (χ0) is 23.7. The minimum atomic E-state index is -0.408. The van der Waals surface area contributed by atoms with E-state index in [1.54, 1.807) is 35.5 Å². The maximum absolute atomic E-state index is 13.4. The lowest BCUT2D eigenvalue weighted by molar-refractivity contribution is -0.121. The van der Waals surface area contributed by atoms with Crippen molar-refractivity contribution in [1.29, 1.82) is 0 Å². The number of piperidine rings is 1. The lowest BCUT2D eigenvalue weighted by atomic mass is 9.95. The van der Waals surface area contributed by atoms with Crippen LogP contribution in [0.5, 0.6) is 0 Å². The Morgan fingerprint density at radius 3 is 2.53 bits per heavy atom. The van der Waals surface area contributed by atoms with Gasteiger partial charge in [-0.2, -0.15) is 0 Å². The van der Waals surface area contributed by atoms with Crippen molar-refractivity contribution in [2.24, 2.45) is 5.92 Å². The second-order valence-electron chi connectivity index (χ2n) is 8.61. The van der Waals surface area contributed by atoms with Crippen molar-refractivity contribution in [3.05, 3.63) is 83.4 Å². The van der Waals surface area contributed by atoms with E-state index in [0.29, 0.717) is 49.6 Å². The van der Waals surface area contributed by atoms with E-state index in [1.807, 2.05) is 4.57 Å². The molecule has 176 valence electrons. The van der Waals surface area contributed by atoms with Crippen molar-refractivity contribution >= 4 is 17.5 Å². The summed E-state index contributed by atoms with van der Waals surface area (Å²) >= 11 is 0. The van der Waals surface area contributed by atoms with Crippen molar-refractivity contribution in [3.8, 4) is 0 Å². The second-order valence-corrected chi connectivity index (χ2v) is 8.61. The maximum atomic E-state index is 13.4. The summed E-state index contributed by atoms with van der Waals surface area (Å²) in [5, 5.41) is 2.75. The van der Waals surface area contributed by atoms with Gasteiger partial charge in [0.15, 0.2) is 5.69 Å². The Labute approximate surface area is 195 Å². The number of rotatable bonds is 4. The third kappa shape index (κ3) is 4.56. The summed E-state index contributed by atoms with van der Waals surface area (Å²) in [6.45, 7) is 1.59. The van der Waals surface area contributed by atoms with Gasteiger partial charge < -0.3 is 19.5 Å². The number of hydrogen-bond acceptors (Lipinski definition) is 4. The van der Waals surface area contributed by atoms with Crippen LogP contribution < -0.4 is 5.32 Å². The van der Waals surface area contributed by atoms with Crippen molar-refractivity contribution in [2.45, 2.75) is 32.1 Å². The zero-order valence-corrected chi connectivity index (χ0v) is 18.4. The molecule has 9 heteroatoms. The molecule has 0 saturated carbocycles. The zero-order valence-electron chi connectivity index (χ0n) is 18.4. The highest BCUT2D eigenvalue weighted by molar-refractivity contribution is 5.95. The average molecular weight is 466 g/mol. The Balaban J connectivity index is 1.19. The third-order valence-corrected chi connectivity index (χ3v) is 6.42. The summed E-state index contributed by atoms with van der Waals surface area (Å²) < 4.78 is 34.4. The predicted octanol–water partition coefficient (Wildman–Crippen LogP) is 3.92. The van der Waals surface area contributed by atoms with E-state index < -0.39 is 5.82 Å². The minimum absolute atomic E-state index is 0.169. The number of aromatic nitrogens is 2. The lowest BCUT2D eigenvalue weighted by Gasteiger charge is -2.31. The molecule has 3 heterocycles. The molecular weight excluding hydrogens is 442 g/mol. The highest BCUT2D eigenvalue weighted by Crippen LogP contribution is 2.29. The van der Waals surface area contributed by atoms with E-state index in [1.165, 1.54) is 24.3 Å². The van der Waals surface area contributed by atoms with Crippen LogP contribution in [0.4, 0.5) is 14.5 Å². The SMILES string of the molecule is O=C(Nc1cccc(F)c1)C1CCN(C(=O)c2ncn3c2CO[C@H](c2ccc(F)cc2)C3)CC1. The number of hydrogen-bond donors (Lipinski definition) is 1. The van der Waals surface area contributed by atoms with Gasteiger partial charge in [-0.15, -0.1) is 0 Å². The van der Waals surface area contributed by atoms with E-state index >= 15 is 0 Å². The highest BCUT2D eigenvalue weighted by atomic mass is 19.1. The molecule has 0 aliphatic carbocycles. The number of halogens is 2. The molecular formula is C25H24F2N4O3. The first-order valence-electron chi connectivity index (χ1n) is 11.2. The number of benzene rings is 2. The number of anilines is 1. The van der Waals surface area contributed by atoms with Crippen molar-refractivity contribution in [3.63, 3.8) is 0 Å². The number of carbonyl (C=O) groups excluding carboxylic acids is 2.